The molecule has 28 heavy (non-hydrogen) atoms. The van der Waals surface area contributed by atoms with Crippen LogP contribution in [0.1, 0.15) is 117 Å². The molecule has 0 saturated heterocycles. The van der Waals surface area contributed by atoms with Crippen molar-refractivity contribution in [2.24, 2.45) is 5.73 Å². The van der Waals surface area contributed by atoms with E-state index in [-0.39, 0.29) is 0 Å². The molecule has 0 aromatic rings. The minimum Gasteiger partial charge on any atom is -0.481 e. The third-order valence-corrected chi connectivity index (χ3v) is 4.46. The highest BCUT2D eigenvalue weighted by Gasteiger charge is 1.97. The number of ether oxygens (including phenoxy) is 1. The summed E-state index contributed by atoms with van der Waals surface area (Å²) in [6.45, 7) is 7.02. The van der Waals surface area contributed by atoms with E-state index in [0.29, 0.717) is 6.42 Å². The van der Waals surface area contributed by atoms with Gasteiger partial charge in [0.2, 0.25) is 0 Å². The average Bonchev–Trinajstić information content (AvgIpc) is 2.64. The Morgan fingerprint density at radius 3 is 1.46 bits per heavy atom. The second-order valence-corrected chi connectivity index (χ2v) is 7.44. The van der Waals surface area contributed by atoms with E-state index in [1.165, 1.54) is 83.5 Å². The van der Waals surface area contributed by atoms with Gasteiger partial charge in [-0.2, -0.15) is 0 Å². The molecule has 0 bridgehead atoms. The van der Waals surface area contributed by atoms with E-state index in [1.54, 1.807) is 6.92 Å². The Kier molecular flexibility index (Phi) is 24.4. The van der Waals surface area contributed by atoms with Crippen molar-refractivity contribution in [2.45, 2.75) is 123 Å². The largest absolute Gasteiger partial charge is 0.481 e. The molecule has 3 N–H and O–H groups in total. The zero-order valence-corrected chi connectivity index (χ0v) is 18.4. The van der Waals surface area contributed by atoms with E-state index < -0.39 is 18.2 Å². The molecule has 1 unspecified atom stereocenters. The van der Waals surface area contributed by atoms with Gasteiger partial charge in [-0.25, -0.2) is 4.79 Å². The minimum absolute atomic E-state index is 0.345. The van der Waals surface area contributed by atoms with E-state index in [0.717, 1.165) is 18.9 Å². The van der Waals surface area contributed by atoms with E-state index in [2.05, 4.69) is 18.2 Å². The van der Waals surface area contributed by atoms with Gasteiger partial charge in [0.15, 0.2) is 0 Å². The molecule has 0 amide bonds. The monoisotopic (exact) mass is 399 g/mol. The summed E-state index contributed by atoms with van der Waals surface area (Å²) in [6.07, 6.45) is 20.7. The van der Waals surface area contributed by atoms with Crippen LogP contribution in [-0.2, 0) is 14.3 Å². The number of unbranched alkanes of at least 4 members (excludes halogenated alkanes) is 14. The third-order valence-electron chi connectivity index (χ3n) is 4.46. The Balaban J connectivity index is 0. The van der Waals surface area contributed by atoms with Crippen molar-refractivity contribution >= 4 is 11.9 Å². The summed E-state index contributed by atoms with van der Waals surface area (Å²) in [5, 5.41) is 8.52. The number of hydrogen-bond acceptors (Lipinski definition) is 4. The number of carboxylic acid groups (broad SMARTS) is 1. The molecule has 0 rings (SSSR count). The maximum absolute atomic E-state index is 10.3. The maximum Gasteiger partial charge on any atom is 0.331 e. The molecular formula is C23H45NO4. The lowest BCUT2D eigenvalue weighted by atomic mass is 10.0. The normalized spacial score (nSPS) is 11.2. The van der Waals surface area contributed by atoms with Gasteiger partial charge in [0.25, 0.3) is 0 Å². The first kappa shape index (κ1) is 28.8. The fourth-order valence-electron chi connectivity index (χ4n) is 2.88. The summed E-state index contributed by atoms with van der Waals surface area (Å²) in [4.78, 5) is 20.5. The number of carbonyl (C=O) groups is 2. The quantitative estimate of drug-likeness (QED) is 0.121. The van der Waals surface area contributed by atoms with Crippen LogP contribution in [0.15, 0.2) is 12.7 Å². The summed E-state index contributed by atoms with van der Waals surface area (Å²) in [5.41, 5.74) is 5.08. The maximum atomic E-state index is 10.3. The average molecular weight is 400 g/mol. The Morgan fingerprint density at radius 1 is 0.857 bits per heavy atom. The van der Waals surface area contributed by atoms with E-state index >= 15 is 0 Å². The van der Waals surface area contributed by atoms with Crippen molar-refractivity contribution in [3.63, 3.8) is 0 Å². The molecule has 0 heterocycles. The number of nitrogens with two attached hydrogens (primary N) is 1. The first-order valence-corrected chi connectivity index (χ1v) is 11.2. The second-order valence-electron chi connectivity index (χ2n) is 7.44. The van der Waals surface area contributed by atoms with Gasteiger partial charge in [-0.3, -0.25) is 10.5 Å². The van der Waals surface area contributed by atoms with Gasteiger partial charge in [-0.15, -0.1) is 0 Å². The lowest BCUT2D eigenvalue weighted by molar-refractivity contribution is -0.142. The molecule has 0 radical (unpaired) electrons. The predicted molar refractivity (Wildman–Crippen MR) is 117 cm³/mol. The van der Waals surface area contributed by atoms with Crippen molar-refractivity contribution < 1.29 is 19.4 Å². The van der Waals surface area contributed by atoms with Crippen LogP contribution in [-0.4, -0.2) is 23.3 Å². The van der Waals surface area contributed by atoms with Crippen LogP contribution in [0.5, 0.6) is 0 Å². The molecule has 5 heteroatoms. The standard InChI is InChI=1S/C18H36O2.C5H9NO2/c1-2-3-4-5-6-7-8-9-10-11-12-13-14-15-16-17-18(19)20;1-3-5(7)8-4(2)6/h2-17H2,1H3,(H,19,20);3-4H,1,6H2,2H3. The van der Waals surface area contributed by atoms with Gasteiger partial charge in [0.05, 0.1) is 0 Å². The lowest BCUT2D eigenvalue weighted by Gasteiger charge is -2.03. The fourth-order valence-corrected chi connectivity index (χ4v) is 2.88. The number of aliphatic carboxylic acids is 1. The molecule has 0 spiro atoms. The van der Waals surface area contributed by atoms with Gasteiger partial charge >= 0.3 is 11.9 Å². The highest BCUT2D eigenvalue weighted by molar-refractivity contribution is 5.81. The second kappa shape index (κ2) is 23.7. The van der Waals surface area contributed by atoms with E-state index in [4.69, 9.17) is 10.8 Å². The van der Waals surface area contributed by atoms with Crippen LogP contribution in [0.4, 0.5) is 0 Å². The highest BCUT2D eigenvalue weighted by Crippen LogP contribution is 2.13. The van der Waals surface area contributed by atoms with Crippen LogP contribution in [0.2, 0.25) is 0 Å². The molecule has 0 aromatic carbocycles. The smallest absolute Gasteiger partial charge is 0.331 e. The van der Waals surface area contributed by atoms with Crippen molar-refractivity contribution in [2.75, 3.05) is 0 Å². The van der Waals surface area contributed by atoms with Crippen LogP contribution < -0.4 is 5.73 Å². The molecule has 5 nitrogen and oxygen atoms in total. The summed E-state index contributed by atoms with van der Waals surface area (Å²) < 4.78 is 4.42. The molecule has 0 saturated carbocycles. The Labute approximate surface area is 173 Å². The van der Waals surface area contributed by atoms with Crippen LogP contribution in [0, 0.1) is 0 Å². The van der Waals surface area contributed by atoms with Crippen molar-refractivity contribution in [3.05, 3.63) is 12.7 Å². The number of carbonyl (C=O) groups excluding carboxylic acids is 1. The van der Waals surface area contributed by atoms with Gasteiger partial charge in [-0.05, 0) is 13.3 Å². The Hall–Kier alpha value is -1.36. The predicted octanol–water partition coefficient (Wildman–Crippen LogP) is 6.35. The zero-order valence-electron chi connectivity index (χ0n) is 18.4. The minimum atomic E-state index is -0.653. The molecule has 0 fully saturated rings. The molecule has 0 aliphatic carbocycles. The number of hydrogen-bond donors (Lipinski definition) is 2. The topological polar surface area (TPSA) is 89.6 Å². The Morgan fingerprint density at radius 2 is 1.21 bits per heavy atom. The molecule has 1 atom stereocenters. The highest BCUT2D eigenvalue weighted by atomic mass is 16.5. The number of carboxylic acids is 1. The van der Waals surface area contributed by atoms with E-state index in [1.807, 2.05) is 0 Å². The van der Waals surface area contributed by atoms with Gasteiger partial charge in [0.1, 0.15) is 6.23 Å². The SMILES string of the molecule is C=CC(=O)OC(C)N.CCCCCCCCCCCCCCCCCC(=O)O. The molecule has 166 valence electrons. The third kappa shape index (κ3) is 29.4. The van der Waals surface area contributed by atoms with Gasteiger partial charge in [-0.1, -0.05) is 103 Å². The van der Waals surface area contributed by atoms with Crippen LogP contribution >= 0.6 is 0 Å². The lowest BCUT2D eigenvalue weighted by Crippen LogP contribution is -2.21. The van der Waals surface area contributed by atoms with Gasteiger partial charge in [0, 0.05) is 12.5 Å². The summed E-state index contributed by atoms with van der Waals surface area (Å²) >= 11 is 0. The first-order valence-electron chi connectivity index (χ1n) is 11.2. The van der Waals surface area contributed by atoms with E-state index in [9.17, 15) is 9.59 Å². The molecule has 0 aliphatic heterocycles. The summed E-state index contributed by atoms with van der Waals surface area (Å²) in [7, 11) is 0. The van der Waals surface area contributed by atoms with Crippen molar-refractivity contribution in [3.8, 4) is 0 Å². The first-order chi connectivity index (χ1) is 13.4. The fraction of sp³-hybridized carbons (Fsp3) is 0.826. The molecule has 0 aliphatic rings. The molecular weight excluding hydrogens is 354 g/mol. The van der Waals surface area contributed by atoms with Crippen molar-refractivity contribution in [1.82, 2.24) is 0 Å². The molecule has 0 aromatic heterocycles. The number of esters is 1. The Bertz CT molecular complexity index is 370. The summed E-state index contributed by atoms with van der Waals surface area (Å²) in [5.74, 6) is -1.14. The van der Waals surface area contributed by atoms with Crippen LogP contribution in [0.3, 0.4) is 0 Å². The number of rotatable bonds is 18. The zero-order chi connectivity index (χ0) is 21.5. The summed E-state index contributed by atoms with van der Waals surface area (Å²) in [6, 6.07) is 0. The van der Waals surface area contributed by atoms with Crippen LogP contribution in [0.25, 0.3) is 0 Å². The van der Waals surface area contributed by atoms with Crippen molar-refractivity contribution in [1.29, 1.82) is 0 Å². The van der Waals surface area contributed by atoms with Gasteiger partial charge < -0.3 is 9.84 Å².